The SMILES string of the molecule is CCC(CC)NCC(O)CN1CCc2ccccc2C1. The van der Waals surface area contributed by atoms with Crippen LogP contribution in [0.15, 0.2) is 24.3 Å². The van der Waals surface area contributed by atoms with E-state index in [1.807, 2.05) is 0 Å². The topological polar surface area (TPSA) is 35.5 Å². The lowest BCUT2D eigenvalue weighted by Crippen LogP contribution is -2.42. The average Bonchev–Trinajstić information content (AvgIpc) is 2.48. The minimum atomic E-state index is -0.277. The predicted octanol–water partition coefficient (Wildman–Crippen LogP) is 2.18. The van der Waals surface area contributed by atoms with Crippen LogP contribution in [0.25, 0.3) is 0 Å². The maximum absolute atomic E-state index is 10.2. The van der Waals surface area contributed by atoms with Crippen molar-refractivity contribution in [2.75, 3.05) is 19.6 Å². The molecule has 0 radical (unpaired) electrons. The molecule has 0 saturated carbocycles. The summed E-state index contributed by atoms with van der Waals surface area (Å²) in [5, 5.41) is 13.6. The first-order chi connectivity index (χ1) is 9.72. The molecule has 1 unspecified atom stereocenters. The summed E-state index contributed by atoms with van der Waals surface area (Å²) >= 11 is 0. The lowest BCUT2D eigenvalue weighted by molar-refractivity contribution is 0.101. The summed E-state index contributed by atoms with van der Waals surface area (Å²) in [6.45, 7) is 7.87. The van der Waals surface area contributed by atoms with Crippen molar-refractivity contribution < 1.29 is 5.11 Å². The first-order valence-electron chi connectivity index (χ1n) is 7.93. The van der Waals surface area contributed by atoms with Gasteiger partial charge in [-0.3, -0.25) is 4.90 Å². The third-order valence-electron chi connectivity index (χ3n) is 4.31. The summed E-state index contributed by atoms with van der Waals surface area (Å²) in [5.74, 6) is 0. The number of hydrogen-bond donors (Lipinski definition) is 2. The van der Waals surface area contributed by atoms with Gasteiger partial charge in [0.15, 0.2) is 0 Å². The van der Waals surface area contributed by atoms with Gasteiger partial charge in [0.05, 0.1) is 6.10 Å². The summed E-state index contributed by atoms with van der Waals surface area (Å²) in [7, 11) is 0. The van der Waals surface area contributed by atoms with Crippen molar-refractivity contribution in [3.05, 3.63) is 35.4 Å². The van der Waals surface area contributed by atoms with Gasteiger partial charge in [-0.15, -0.1) is 0 Å². The molecule has 112 valence electrons. The second-order valence-electron chi connectivity index (χ2n) is 5.83. The van der Waals surface area contributed by atoms with E-state index < -0.39 is 0 Å². The fraction of sp³-hybridized carbons (Fsp3) is 0.647. The van der Waals surface area contributed by atoms with Crippen LogP contribution in [-0.2, 0) is 13.0 Å². The zero-order valence-electron chi connectivity index (χ0n) is 12.8. The number of aliphatic hydroxyl groups excluding tert-OH is 1. The van der Waals surface area contributed by atoms with E-state index in [1.165, 1.54) is 11.1 Å². The van der Waals surface area contributed by atoms with E-state index in [0.29, 0.717) is 12.6 Å². The standard InChI is InChI=1S/C17H28N2O/c1-3-16(4-2)18-11-17(20)13-19-10-9-14-7-5-6-8-15(14)12-19/h5-8,16-18,20H,3-4,9-13H2,1-2H3. The van der Waals surface area contributed by atoms with Crippen LogP contribution in [0.3, 0.4) is 0 Å². The first kappa shape index (κ1) is 15.5. The Bertz CT molecular complexity index is 404. The van der Waals surface area contributed by atoms with Gasteiger partial charge in [0.2, 0.25) is 0 Å². The van der Waals surface area contributed by atoms with E-state index in [1.54, 1.807) is 0 Å². The second kappa shape index (κ2) is 7.77. The highest BCUT2D eigenvalue weighted by Gasteiger charge is 2.18. The molecule has 0 aromatic heterocycles. The van der Waals surface area contributed by atoms with E-state index in [9.17, 15) is 5.11 Å². The van der Waals surface area contributed by atoms with Crippen LogP contribution >= 0.6 is 0 Å². The molecule has 1 aliphatic heterocycles. The van der Waals surface area contributed by atoms with Gasteiger partial charge in [-0.25, -0.2) is 0 Å². The molecule has 3 nitrogen and oxygen atoms in total. The van der Waals surface area contributed by atoms with E-state index >= 15 is 0 Å². The van der Waals surface area contributed by atoms with Crippen LogP contribution < -0.4 is 5.32 Å². The van der Waals surface area contributed by atoms with Crippen molar-refractivity contribution >= 4 is 0 Å². The number of rotatable bonds is 7. The number of aliphatic hydroxyl groups is 1. The molecular formula is C17H28N2O. The Balaban J connectivity index is 1.77. The predicted molar refractivity (Wildman–Crippen MR) is 83.8 cm³/mol. The van der Waals surface area contributed by atoms with Crippen LogP contribution in [0.1, 0.15) is 37.8 Å². The minimum absolute atomic E-state index is 0.277. The fourth-order valence-electron chi connectivity index (χ4n) is 2.95. The zero-order chi connectivity index (χ0) is 14.4. The monoisotopic (exact) mass is 276 g/mol. The van der Waals surface area contributed by atoms with Crippen LogP contribution in [0.5, 0.6) is 0 Å². The van der Waals surface area contributed by atoms with Crippen molar-refractivity contribution in [3.63, 3.8) is 0 Å². The molecule has 1 aromatic rings. The molecule has 0 fully saturated rings. The summed E-state index contributed by atoms with van der Waals surface area (Å²) in [5.41, 5.74) is 2.88. The highest BCUT2D eigenvalue weighted by atomic mass is 16.3. The zero-order valence-corrected chi connectivity index (χ0v) is 12.8. The van der Waals surface area contributed by atoms with Gasteiger partial charge in [-0.1, -0.05) is 38.1 Å². The molecule has 0 amide bonds. The molecule has 0 bridgehead atoms. The van der Waals surface area contributed by atoms with Gasteiger partial charge in [-0.05, 0) is 30.4 Å². The largest absolute Gasteiger partial charge is 0.390 e. The van der Waals surface area contributed by atoms with Gasteiger partial charge in [0.1, 0.15) is 0 Å². The van der Waals surface area contributed by atoms with Gasteiger partial charge in [-0.2, -0.15) is 0 Å². The Labute approximate surface area is 123 Å². The maximum atomic E-state index is 10.2. The fourth-order valence-corrected chi connectivity index (χ4v) is 2.95. The van der Waals surface area contributed by atoms with Crippen molar-refractivity contribution in [1.82, 2.24) is 10.2 Å². The normalized spacial score (nSPS) is 17.2. The van der Waals surface area contributed by atoms with Gasteiger partial charge in [0, 0.05) is 32.2 Å². The highest BCUT2D eigenvalue weighted by Crippen LogP contribution is 2.18. The van der Waals surface area contributed by atoms with Crippen molar-refractivity contribution in [1.29, 1.82) is 0 Å². The Morgan fingerprint density at radius 1 is 1.20 bits per heavy atom. The highest BCUT2D eigenvalue weighted by molar-refractivity contribution is 5.29. The smallest absolute Gasteiger partial charge is 0.0791 e. The van der Waals surface area contributed by atoms with Gasteiger partial charge < -0.3 is 10.4 Å². The number of fused-ring (bicyclic) bond motifs is 1. The lowest BCUT2D eigenvalue weighted by atomic mass is 10.00. The Morgan fingerprint density at radius 3 is 2.60 bits per heavy atom. The third-order valence-corrected chi connectivity index (χ3v) is 4.31. The number of nitrogens with one attached hydrogen (secondary N) is 1. The second-order valence-corrected chi connectivity index (χ2v) is 5.83. The van der Waals surface area contributed by atoms with Crippen LogP contribution in [-0.4, -0.2) is 41.8 Å². The average molecular weight is 276 g/mol. The number of hydrogen-bond acceptors (Lipinski definition) is 3. The van der Waals surface area contributed by atoms with Gasteiger partial charge in [0.25, 0.3) is 0 Å². The van der Waals surface area contributed by atoms with E-state index in [-0.39, 0.29) is 6.10 Å². The maximum Gasteiger partial charge on any atom is 0.0791 e. The minimum Gasteiger partial charge on any atom is -0.390 e. The molecule has 1 heterocycles. The molecule has 1 aliphatic rings. The Morgan fingerprint density at radius 2 is 1.90 bits per heavy atom. The summed E-state index contributed by atoms with van der Waals surface area (Å²) in [4.78, 5) is 2.36. The Hall–Kier alpha value is -0.900. The molecule has 0 saturated heterocycles. The van der Waals surface area contributed by atoms with Crippen molar-refractivity contribution in [2.45, 2.75) is 51.8 Å². The molecular weight excluding hydrogens is 248 g/mol. The summed E-state index contributed by atoms with van der Waals surface area (Å²) < 4.78 is 0. The van der Waals surface area contributed by atoms with Crippen LogP contribution in [0.4, 0.5) is 0 Å². The van der Waals surface area contributed by atoms with E-state index in [2.05, 4.69) is 48.3 Å². The molecule has 20 heavy (non-hydrogen) atoms. The number of benzene rings is 1. The van der Waals surface area contributed by atoms with Gasteiger partial charge >= 0.3 is 0 Å². The molecule has 2 rings (SSSR count). The molecule has 0 aliphatic carbocycles. The number of nitrogens with zero attached hydrogens (tertiary/aromatic N) is 1. The Kier molecular flexibility index (Phi) is 6.02. The first-order valence-corrected chi connectivity index (χ1v) is 7.93. The summed E-state index contributed by atoms with van der Waals surface area (Å²) in [6.07, 6.45) is 3.07. The molecule has 0 spiro atoms. The van der Waals surface area contributed by atoms with Crippen LogP contribution in [0, 0.1) is 0 Å². The third kappa shape index (κ3) is 4.30. The molecule has 1 atom stereocenters. The van der Waals surface area contributed by atoms with E-state index in [4.69, 9.17) is 0 Å². The summed E-state index contributed by atoms with van der Waals surface area (Å²) in [6, 6.07) is 9.18. The molecule has 2 N–H and O–H groups in total. The van der Waals surface area contributed by atoms with E-state index in [0.717, 1.165) is 38.9 Å². The van der Waals surface area contributed by atoms with Crippen molar-refractivity contribution in [2.24, 2.45) is 0 Å². The van der Waals surface area contributed by atoms with Crippen LogP contribution in [0.2, 0.25) is 0 Å². The molecule has 3 heteroatoms. The quantitative estimate of drug-likeness (QED) is 0.801. The lowest BCUT2D eigenvalue weighted by Gasteiger charge is -2.30. The molecule has 1 aromatic carbocycles. The van der Waals surface area contributed by atoms with Crippen molar-refractivity contribution in [3.8, 4) is 0 Å². The number of β-amino-alcohol motifs (C(OH)–C–C–N with tert-alkyl or cyclic N) is 1.